The summed E-state index contributed by atoms with van der Waals surface area (Å²) in [5, 5.41) is 6.20. The molecule has 150 valence electrons. The lowest BCUT2D eigenvalue weighted by Crippen LogP contribution is -2.47. The Morgan fingerprint density at radius 1 is 1.07 bits per heavy atom. The largest absolute Gasteiger partial charge is 0.350 e. The Labute approximate surface area is 163 Å². The fourth-order valence-electron chi connectivity index (χ4n) is 3.60. The normalized spacial score (nSPS) is 16.0. The van der Waals surface area contributed by atoms with Crippen LogP contribution in [0.5, 0.6) is 0 Å². The smallest absolute Gasteiger partial charge is 0.317 e. The summed E-state index contributed by atoms with van der Waals surface area (Å²) in [4.78, 5) is 26.8. The lowest BCUT2D eigenvalue weighted by molar-refractivity contribution is -0.121. The van der Waals surface area contributed by atoms with Gasteiger partial charge in [-0.25, -0.2) is 4.79 Å². The zero-order chi connectivity index (χ0) is 19.6. The molecule has 0 heterocycles. The molecule has 1 unspecified atom stereocenters. The Morgan fingerprint density at radius 3 is 2.37 bits per heavy atom. The highest BCUT2D eigenvalue weighted by Gasteiger charge is 2.21. The molecular weight excluding hydrogens is 338 g/mol. The standard InChI is InChI=1S/C22H35N3O2/c1-17(2)16-25(22(27)24-20-12-8-5-9-13-20)15-14-21(26)23-18(3)19-10-6-4-7-11-19/h4,6-7,10-11,17-18,20H,5,8-9,12-16H2,1-3H3,(H,23,26)(H,24,27). The minimum atomic E-state index is -0.0340. The number of carbonyl (C=O) groups excluding carboxylic acids is 2. The van der Waals surface area contributed by atoms with Crippen molar-refractivity contribution in [3.63, 3.8) is 0 Å². The number of hydrogen-bond donors (Lipinski definition) is 2. The van der Waals surface area contributed by atoms with Crippen LogP contribution in [0.25, 0.3) is 0 Å². The minimum absolute atomic E-state index is 0.0226. The van der Waals surface area contributed by atoms with Gasteiger partial charge in [0.2, 0.25) is 5.91 Å². The van der Waals surface area contributed by atoms with Crippen LogP contribution >= 0.6 is 0 Å². The molecule has 1 saturated carbocycles. The minimum Gasteiger partial charge on any atom is -0.350 e. The fourth-order valence-corrected chi connectivity index (χ4v) is 3.60. The summed E-state index contributed by atoms with van der Waals surface area (Å²) >= 11 is 0. The van der Waals surface area contributed by atoms with Crippen molar-refractivity contribution < 1.29 is 9.59 Å². The van der Waals surface area contributed by atoms with Crippen LogP contribution in [0.1, 0.15) is 70.9 Å². The van der Waals surface area contributed by atoms with Crippen LogP contribution < -0.4 is 10.6 Å². The number of rotatable bonds is 8. The summed E-state index contributed by atoms with van der Waals surface area (Å²) in [5.41, 5.74) is 1.08. The van der Waals surface area contributed by atoms with Crippen molar-refractivity contribution in [2.24, 2.45) is 5.92 Å². The third-order valence-electron chi connectivity index (χ3n) is 5.09. The van der Waals surface area contributed by atoms with Gasteiger partial charge in [-0.3, -0.25) is 4.79 Å². The van der Waals surface area contributed by atoms with Crippen molar-refractivity contribution in [2.45, 2.75) is 71.4 Å². The first-order valence-electron chi connectivity index (χ1n) is 10.4. The predicted octanol–water partition coefficient (Wildman–Crippen LogP) is 4.25. The van der Waals surface area contributed by atoms with E-state index in [0.717, 1.165) is 18.4 Å². The Kier molecular flexibility index (Phi) is 8.62. The quantitative estimate of drug-likeness (QED) is 0.715. The van der Waals surface area contributed by atoms with E-state index in [1.54, 1.807) is 4.90 Å². The van der Waals surface area contributed by atoms with Crippen molar-refractivity contribution in [3.05, 3.63) is 35.9 Å². The van der Waals surface area contributed by atoms with Gasteiger partial charge in [0.05, 0.1) is 6.04 Å². The SMILES string of the molecule is CC(C)CN(CCC(=O)NC(C)c1ccccc1)C(=O)NC1CCCCC1. The summed E-state index contributed by atoms with van der Waals surface area (Å²) in [7, 11) is 0. The summed E-state index contributed by atoms with van der Waals surface area (Å²) < 4.78 is 0. The van der Waals surface area contributed by atoms with Gasteiger partial charge >= 0.3 is 6.03 Å². The number of nitrogens with zero attached hydrogens (tertiary/aromatic N) is 1. The van der Waals surface area contributed by atoms with Gasteiger partial charge in [-0.1, -0.05) is 63.4 Å². The molecule has 0 aliphatic heterocycles. The summed E-state index contributed by atoms with van der Waals surface area (Å²) in [5.74, 6) is 0.346. The van der Waals surface area contributed by atoms with E-state index >= 15 is 0 Å². The van der Waals surface area contributed by atoms with Gasteiger partial charge < -0.3 is 15.5 Å². The van der Waals surface area contributed by atoms with E-state index in [2.05, 4.69) is 24.5 Å². The van der Waals surface area contributed by atoms with E-state index < -0.39 is 0 Å². The van der Waals surface area contributed by atoms with Crippen molar-refractivity contribution in [2.75, 3.05) is 13.1 Å². The monoisotopic (exact) mass is 373 g/mol. The number of benzene rings is 1. The van der Waals surface area contributed by atoms with E-state index in [9.17, 15) is 9.59 Å². The zero-order valence-electron chi connectivity index (χ0n) is 17.0. The highest BCUT2D eigenvalue weighted by molar-refractivity contribution is 5.78. The van der Waals surface area contributed by atoms with Crippen molar-refractivity contribution in [1.29, 1.82) is 0 Å². The molecule has 1 aliphatic rings. The van der Waals surface area contributed by atoms with Gasteiger partial charge in [-0.15, -0.1) is 0 Å². The molecule has 2 rings (SSSR count). The molecule has 1 aliphatic carbocycles. The third kappa shape index (κ3) is 7.61. The second kappa shape index (κ2) is 11.0. The number of carbonyl (C=O) groups is 2. The van der Waals surface area contributed by atoms with Crippen LogP contribution in [0.3, 0.4) is 0 Å². The van der Waals surface area contributed by atoms with E-state index in [-0.39, 0.29) is 24.0 Å². The second-order valence-electron chi connectivity index (χ2n) is 8.07. The van der Waals surface area contributed by atoms with E-state index in [1.165, 1.54) is 19.3 Å². The van der Waals surface area contributed by atoms with Crippen LogP contribution in [-0.4, -0.2) is 36.0 Å². The molecule has 0 bridgehead atoms. The van der Waals surface area contributed by atoms with Gasteiger partial charge in [-0.05, 0) is 31.2 Å². The predicted molar refractivity (Wildman–Crippen MR) is 109 cm³/mol. The number of urea groups is 1. The number of hydrogen-bond acceptors (Lipinski definition) is 2. The topological polar surface area (TPSA) is 61.4 Å². The first kappa shape index (κ1) is 21.3. The van der Waals surface area contributed by atoms with E-state index in [1.807, 2.05) is 37.3 Å². The average Bonchev–Trinajstić information content (AvgIpc) is 2.66. The lowest BCUT2D eigenvalue weighted by atomic mass is 9.96. The van der Waals surface area contributed by atoms with Crippen LogP contribution in [-0.2, 0) is 4.79 Å². The van der Waals surface area contributed by atoms with Gasteiger partial charge in [0, 0.05) is 25.6 Å². The van der Waals surface area contributed by atoms with Gasteiger partial charge in [0.25, 0.3) is 0 Å². The van der Waals surface area contributed by atoms with Crippen LogP contribution in [0, 0.1) is 5.92 Å². The molecule has 1 fully saturated rings. The van der Waals surface area contributed by atoms with Crippen LogP contribution in [0.2, 0.25) is 0 Å². The van der Waals surface area contributed by atoms with Gasteiger partial charge in [0.15, 0.2) is 0 Å². The summed E-state index contributed by atoms with van der Waals surface area (Å²) in [6.07, 6.45) is 6.10. The molecule has 1 aromatic rings. The Bertz CT molecular complexity index is 582. The first-order chi connectivity index (χ1) is 13.0. The van der Waals surface area contributed by atoms with Crippen molar-refractivity contribution >= 4 is 11.9 Å². The molecule has 5 heteroatoms. The number of nitrogens with one attached hydrogen (secondary N) is 2. The molecule has 2 N–H and O–H groups in total. The molecule has 27 heavy (non-hydrogen) atoms. The molecule has 0 saturated heterocycles. The maximum atomic E-state index is 12.7. The molecule has 0 radical (unpaired) electrons. The Morgan fingerprint density at radius 2 is 1.74 bits per heavy atom. The van der Waals surface area contributed by atoms with Crippen LogP contribution in [0.15, 0.2) is 30.3 Å². The molecular formula is C22H35N3O2. The van der Waals surface area contributed by atoms with Crippen molar-refractivity contribution in [3.8, 4) is 0 Å². The zero-order valence-corrected chi connectivity index (χ0v) is 17.0. The van der Waals surface area contributed by atoms with Crippen LogP contribution in [0.4, 0.5) is 4.79 Å². The average molecular weight is 374 g/mol. The molecule has 0 aromatic heterocycles. The highest BCUT2D eigenvalue weighted by Crippen LogP contribution is 2.18. The van der Waals surface area contributed by atoms with Gasteiger partial charge in [-0.2, -0.15) is 0 Å². The summed E-state index contributed by atoms with van der Waals surface area (Å²) in [6, 6.07) is 10.1. The first-order valence-corrected chi connectivity index (χ1v) is 10.4. The number of amides is 3. The third-order valence-corrected chi connectivity index (χ3v) is 5.09. The maximum absolute atomic E-state index is 12.7. The van der Waals surface area contributed by atoms with E-state index in [4.69, 9.17) is 0 Å². The fraction of sp³-hybridized carbons (Fsp3) is 0.636. The molecule has 1 aromatic carbocycles. The van der Waals surface area contributed by atoms with Crippen molar-refractivity contribution in [1.82, 2.24) is 15.5 Å². The second-order valence-corrected chi connectivity index (χ2v) is 8.07. The van der Waals surface area contributed by atoms with E-state index in [0.29, 0.717) is 25.4 Å². The Balaban J connectivity index is 1.83. The maximum Gasteiger partial charge on any atom is 0.317 e. The molecule has 1 atom stereocenters. The molecule has 0 spiro atoms. The molecule has 5 nitrogen and oxygen atoms in total. The molecule has 3 amide bonds. The summed E-state index contributed by atoms with van der Waals surface area (Å²) in [6.45, 7) is 7.29. The van der Waals surface area contributed by atoms with Gasteiger partial charge in [0.1, 0.15) is 0 Å². The Hall–Kier alpha value is -2.04. The highest BCUT2D eigenvalue weighted by atomic mass is 16.2. The lowest BCUT2D eigenvalue weighted by Gasteiger charge is -2.29.